The minimum atomic E-state index is -0.0611. The molecule has 13 heavy (non-hydrogen) atoms. The summed E-state index contributed by atoms with van der Waals surface area (Å²) >= 11 is 5.30. The van der Waals surface area contributed by atoms with Gasteiger partial charge in [0.05, 0.1) is 6.10 Å². The van der Waals surface area contributed by atoms with E-state index in [0.29, 0.717) is 5.92 Å². The van der Waals surface area contributed by atoms with Gasteiger partial charge in [0.2, 0.25) is 0 Å². The van der Waals surface area contributed by atoms with Crippen LogP contribution in [0.5, 0.6) is 0 Å². The number of hydrogen-bond acceptors (Lipinski definition) is 2. The quantitative estimate of drug-likeness (QED) is 0.866. The van der Waals surface area contributed by atoms with Crippen LogP contribution in [-0.4, -0.2) is 11.2 Å². The standard InChI is InChI=1S/C10H13BrOS/c11-8-4-5-13-10(8)6-7-2-1-3-9(7)12/h4-5,7,9,12H,1-3,6H2/t7-,9+/m0/s1. The van der Waals surface area contributed by atoms with E-state index in [0.717, 1.165) is 12.8 Å². The van der Waals surface area contributed by atoms with E-state index in [1.165, 1.54) is 22.2 Å². The van der Waals surface area contributed by atoms with Gasteiger partial charge in [-0.05, 0) is 52.6 Å². The molecule has 0 aliphatic heterocycles. The molecule has 1 fully saturated rings. The number of halogens is 1. The van der Waals surface area contributed by atoms with Crippen LogP contribution in [0.2, 0.25) is 0 Å². The average molecular weight is 261 g/mol. The highest BCUT2D eigenvalue weighted by Crippen LogP contribution is 2.33. The summed E-state index contributed by atoms with van der Waals surface area (Å²) in [4.78, 5) is 1.38. The summed E-state index contributed by atoms with van der Waals surface area (Å²) in [6.45, 7) is 0. The molecule has 1 nitrogen and oxygen atoms in total. The predicted molar refractivity (Wildman–Crippen MR) is 59.1 cm³/mol. The Hall–Kier alpha value is 0.140. The molecule has 0 saturated heterocycles. The Morgan fingerprint density at radius 3 is 2.92 bits per heavy atom. The van der Waals surface area contributed by atoms with Crippen LogP contribution in [0.1, 0.15) is 24.1 Å². The highest BCUT2D eigenvalue weighted by atomic mass is 79.9. The van der Waals surface area contributed by atoms with E-state index < -0.39 is 0 Å². The van der Waals surface area contributed by atoms with Crippen LogP contribution in [0.4, 0.5) is 0 Å². The zero-order valence-electron chi connectivity index (χ0n) is 7.37. The first-order valence-electron chi connectivity index (χ1n) is 4.67. The summed E-state index contributed by atoms with van der Waals surface area (Å²) in [5.74, 6) is 0.495. The van der Waals surface area contributed by atoms with Gasteiger partial charge in [0.25, 0.3) is 0 Å². The van der Waals surface area contributed by atoms with Crippen molar-refractivity contribution in [2.45, 2.75) is 31.8 Å². The summed E-state index contributed by atoms with van der Waals surface area (Å²) in [5.41, 5.74) is 0. The van der Waals surface area contributed by atoms with Gasteiger partial charge in [-0.3, -0.25) is 0 Å². The Kier molecular flexibility index (Phi) is 3.06. The smallest absolute Gasteiger partial charge is 0.0571 e. The zero-order chi connectivity index (χ0) is 9.26. The lowest BCUT2D eigenvalue weighted by molar-refractivity contribution is 0.133. The summed E-state index contributed by atoms with van der Waals surface area (Å²) in [5, 5.41) is 11.8. The molecular formula is C10H13BrOS. The van der Waals surface area contributed by atoms with Gasteiger partial charge in [0.1, 0.15) is 0 Å². The van der Waals surface area contributed by atoms with E-state index in [2.05, 4.69) is 27.4 Å². The number of aliphatic hydroxyl groups excluding tert-OH is 1. The third-order valence-corrected chi connectivity index (χ3v) is 4.71. The molecule has 1 N–H and O–H groups in total. The Labute approximate surface area is 90.9 Å². The maximum atomic E-state index is 9.67. The molecule has 1 aromatic rings. The van der Waals surface area contributed by atoms with Crippen molar-refractivity contribution in [3.05, 3.63) is 20.8 Å². The average Bonchev–Trinajstić information content (AvgIpc) is 2.65. The lowest BCUT2D eigenvalue weighted by Crippen LogP contribution is -2.14. The first-order chi connectivity index (χ1) is 6.27. The number of rotatable bonds is 2. The third kappa shape index (κ3) is 2.14. The molecule has 1 heterocycles. The minimum absolute atomic E-state index is 0.0611. The molecular weight excluding hydrogens is 248 g/mol. The Bertz CT molecular complexity index is 284. The molecule has 0 unspecified atom stereocenters. The van der Waals surface area contributed by atoms with Crippen molar-refractivity contribution in [3.63, 3.8) is 0 Å². The number of thiophene rings is 1. The normalized spacial score (nSPS) is 28.2. The maximum absolute atomic E-state index is 9.67. The van der Waals surface area contributed by atoms with Gasteiger partial charge in [-0.25, -0.2) is 0 Å². The van der Waals surface area contributed by atoms with Gasteiger partial charge in [0, 0.05) is 9.35 Å². The second-order valence-electron chi connectivity index (χ2n) is 3.65. The van der Waals surface area contributed by atoms with Crippen LogP contribution in [-0.2, 0) is 6.42 Å². The van der Waals surface area contributed by atoms with E-state index in [-0.39, 0.29) is 6.10 Å². The van der Waals surface area contributed by atoms with Gasteiger partial charge in [-0.15, -0.1) is 11.3 Å². The van der Waals surface area contributed by atoms with Crippen molar-refractivity contribution in [1.29, 1.82) is 0 Å². The van der Waals surface area contributed by atoms with Crippen molar-refractivity contribution in [3.8, 4) is 0 Å². The van der Waals surface area contributed by atoms with Crippen LogP contribution < -0.4 is 0 Å². The van der Waals surface area contributed by atoms with E-state index in [9.17, 15) is 5.11 Å². The lowest BCUT2D eigenvalue weighted by atomic mass is 10.0. The van der Waals surface area contributed by atoms with Gasteiger partial charge in [0.15, 0.2) is 0 Å². The minimum Gasteiger partial charge on any atom is -0.393 e. The van der Waals surface area contributed by atoms with Gasteiger partial charge in [-0.2, -0.15) is 0 Å². The Morgan fingerprint density at radius 2 is 2.38 bits per heavy atom. The third-order valence-electron chi connectivity index (χ3n) is 2.76. The lowest BCUT2D eigenvalue weighted by Gasteiger charge is -2.12. The first-order valence-corrected chi connectivity index (χ1v) is 6.34. The SMILES string of the molecule is O[C@@H]1CCC[C@H]1Cc1sccc1Br. The van der Waals surface area contributed by atoms with Crippen LogP contribution in [0.25, 0.3) is 0 Å². The highest BCUT2D eigenvalue weighted by Gasteiger charge is 2.25. The highest BCUT2D eigenvalue weighted by molar-refractivity contribution is 9.10. The second kappa shape index (κ2) is 4.11. The Morgan fingerprint density at radius 1 is 1.54 bits per heavy atom. The molecule has 1 saturated carbocycles. The predicted octanol–water partition coefficient (Wildman–Crippen LogP) is 3.21. The molecule has 2 atom stereocenters. The molecule has 0 radical (unpaired) electrons. The zero-order valence-corrected chi connectivity index (χ0v) is 9.77. The van der Waals surface area contributed by atoms with Crippen molar-refractivity contribution in [2.75, 3.05) is 0 Å². The maximum Gasteiger partial charge on any atom is 0.0571 e. The van der Waals surface area contributed by atoms with Crippen LogP contribution in [0.3, 0.4) is 0 Å². The van der Waals surface area contributed by atoms with E-state index in [1.54, 1.807) is 11.3 Å². The molecule has 0 spiro atoms. The monoisotopic (exact) mass is 260 g/mol. The summed E-state index contributed by atoms with van der Waals surface area (Å²) in [6, 6.07) is 2.08. The molecule has 0 aromatic carbocycles. The van der Waals surface area contributed by atoms with Crippen molar-refractivity contribution in [2.24, 2.45) is 5.92 Å². The molecule has 1 aromatic heterocycles. The van der Waals surface area contributed by atoms with Crippen molar-refractivity contribution < 1.29 is 5.11 Å². The van der Waals surface area contributed by atoms with E-state index in [1.807, 2.05) is 0 Å². The summed E-state index contributed by atoms with van der Waals surface area (Å²) < 4.78 is 1.21. The fourth-order valence-corrected chi connectivity index (χ4v) is 3.57. The fraction of sp³-hybridized carbons (Fsp3) is 0.600. The van der Waals surface area contributed by atoms with Crippen LogP contribution in [0, 0.1) is 5.92 Å². The molecule has 2 rings (SSSR count). The van der Waals surface area contributed by atoms with Gasteiger partial charge >= 0.3 is 0 Å². The first kappa shape index (κ1) is 9.69. The van der Waals surface area contributed by atoms with Gasteiger partial charge < -0.3 is 5.11 Å². The van der Waals surface area contributed by atoms with E-state index >= 15 is 0 Å². The molecule has 0 amide bonds. The largest absolute Gasteiger partial charge is 0.393 e. The fourth-order valence-electron chi connectivity index (χ4n) is 1.96. The van der Waals surface area contributed by atoms with E-state index in [4.69, 9.17) is 0 Å². The molecule has 1 aliphatic carbocycles. The Balaban J connectivity index is 2.01. The topological polar surface area (TPSA) is 20.2 Å². The second-order valence-corrected chi connectivity index (χ2v) is 5.51. The van der Waals surface area contributed by atoms with Crippen molar-refractivity contribution >= 4 is 27.3 Å². The number of hydrogen-bond donors (Lipinski definition) is 1. The molecule has 72 valence electrons. The molecule has 3 heteroatoms. The molecule has 1 aliphatic rings. The summed E-state index contributed by atoms with van der Waals surface area (Å²) in [6.07, 6.45) is 4.35. The summed E-state index contributed by atoms with van der Waals surface area (Å²) in [7, 11) is 0. The van der Waals surface area contributed by atoms with Gasteiger partial charge in [-0.1, -0.05) is 6.42 Å². The molecule has 0 bridgehead atoms. The van der Waals surface area contributed by atoms with Crippen LogP contribution in [0.15, 0.2) is 15.9 Å². The number of aliphatic hydroxyl groups is 1. The van der Waals surface area contributed by atoms with Crippen molar-refractivity contribution in [1.82, 2.24) is 0 Å². The van der Waals surface area contributed by atoms with Crippen LogP contribution >= 0.6 is 27.3 Å².